The first-order valence-corrected chi connectivity index (χ1v) is 8.30. The summed E-state index contributed by atoms with van der Waals surface area (Å²) in [6, 6.07) is 6.90. The molecule has 1 aromatic carbocycles. The molecule has 0 saturated heterocycles. The van der Waals surface area contributed by atoms with Crippen molar-refractivity contribution in [2.45, 2.75) is 18.9 Å². The predicted octanol–water partition coefficient (Wildman–Crippen LogP) is 3.72. The van der Waals surface area contributed by atoms with Gasteiger partial charge in [-0.3, -0.25) is 4.79 Å². The van der Waals surface area contributed by atoms with E-state index in [2.05, 4.69) is 10.3 Å². The average Bonchev–Trinajstić information content (AvgIpc) is 3.29. The van der Waals surface area contributed by atoms with E-state index in [4.69, 9.17) is 5.73 Å². The molecule has 1 fully saturated rings. The molecule has 24 heavy (non-hydrogen) atoms. The molecule has 0 bridgehead atoms. The van der Waals surface area contributed by atoms with E-state index in [0.29, 0.717) is 26.5 Å². The fraction of sp³-hybridized carbons (Fsp3) is 0.176. The van der Waals surface area contributed by atoms with E-state index in [1.807, 2.05) is 0 Å². The number of halogens is 2. The fourth-order valence-corrected chi connectivity index (χ4v) is 3.49. The summed E-state index contributed by atoms with van der Waals surface area (Å²) in [7, 11) is 0. The molecule has 2 aromatic heterocycles. The lowest BCUT2D eigenvalue weighted by atomic mass is 10.1. The van der Waals surface area contributed by atoms with Crippen molar-refractivity contribution in [3.63, 3.8) is 0 Å². The number of carbonyl (C=O) groups excluding carboxylic acids is 1. The number of nitrogens with zero attached hydrogens (tertiary/aromatic N) is 1. The molecule has 4 nitrogen and oxygen atoms in total. The molecule has 3 aromatic rings. The van der Waals surface area contributed by atoms with Crippen LogP contribution in [-0.2, 0) is 0 Å². The zero-order chi connectivity index (χ0) is 16.8. The third-order valence-electron chi connectivity index (χ3n) is 3.92. The van der Waals surface area contributed by atoms with E-state index in [-0.39, 0.29) is 17.5 Å². The third kappa shape index (κ3) is 2.60. The number of aromatic nitrogens is 1. The highest BCUT2D eigenvalue weighted by molar-refractivity contribution is 7.21. The SMILES string of the molecule is Nc1c(C(=O)NC2CC2)sc2nc(-c3ccc(F)cc3F)ccc12. The van der Waals surface area contributed by atoms with E-state index >= 15 is 0 Å². The zero-order valence-corrected chi connectivity index (χ0v) is 13.3. The van der Waals surface area contributed by atoms with Crippen LogP contribution in [0.4, 0.5) is 14.5 Å². The zero-order valence-electron chi connectivity index (χ0n) is 12.5. The van der Waals surface area contributed by atoms with Crippen LogP contribution in [0.15, 0.2) is 30.3 Å². The molecule has 122 valence electrons. The highest BCUT2D eigenvalue weighted by Gasteiger charge is 2.26. The Kier molecular flexibility index (Phi) is 3.45. The van der Waals surface area contributed by atoms with Gasteiger partial charge >= 0.3 is 0 Å². The second kappa shape index (κ2) is 5.52. The molecule has 0 aliphatic heterocycles. The molecule has 0 spiro atoms. The Labute approximate surface area is 140 Å². The lowest BCUT2D eigenvalue weighted by Gasteiger charge is -2.03. The minimum absolute atomic E-state index is 0.201. The van der Waals surface area contributed by atoms with E-state index < -0.39 is 11.6 Å². The molecular weight excluding hydrogens is 332 g/mol. The molecule has 0 radical (unpaired) electrons. The Bertz CT molecular complexity index is 966. The Morgan fingerprint density at radius 1 is 1.25 bits per heavy atom. The Morgan fingerprint density at radius 2 is 2.04 bits per heavy atom. The molecule has 0 unspecified atom stereocenters. The van der Waals surface area contributed by atoms with E-state index in [1.54, 1.807) is 12.1 Å². The second-order valence-corrected chi connectivity index (χ2v) is 6.77. The minimum Gasteiger partial charge on any atom is -0.397 e. The second-order valence-electron chi connectivity index (χ2n) is 5.77. The maximum Gasteiger partial charge on any atom is 0.263 e. The summed E-state index contributed by atoms with van der Waals surface area (Å²) in [5.41, 5.74) is 7.02. The number of anilines is 1. The number of amides is 1. The van der Waals surface area contributed by atoms with Gasteiger partial charge in [-0.25, -0.2) is 13.8 Å². The van der Waals surface area contributed by atoms with Crippen LogP contribution in [0.2, 0.25) is 0 Å². The fourth-order valence-electron chi connectivity index (χ4n) is 2.49. The summed E-state index contributed by atoms with van der Waals surface area (Å²) < 4.78 is 27.0. The number of pyridine rings is 1. The van der Waals surface area contributed by atoms with Crippen LogP contribution in [0, 0.1) is 11.6 Å². The van der Waals surface area contributed by atoms with Crippen LogP contribution >= 0.6 is 11.3 Å². The van der Waals surface area contributed by atoms with Crippen LogP contribution in [0.25, 0.3) is 21.5 Å². The van der Waals surface area contributed by atoms with E-state index in [1.165, 1.54) is 23.5 Å². The van der Waals surface area contributed by atoms with Gasteiger partial charge in [-0.05, 0) is 37.1 Å². The molecule has 2 heterocycles. The van der Waals surface area contributed by atoms with Crippen LogP contribution in [0.1, 0.15) is 22.5 Å². The van der Waals surface area contributed by atoms with Gasteiger partial charge in [0.15, 0.2) is 0 Å². The number of rotatable bonds is 3. The molecule has 0 atom stereocenters. The first-order chi connectivity index (χ1) is 11.5. The number of benzene rings is 1. The highest BCUT2D eigenvalue weighted by atomic mass is 32.1. The van der Waals surface area contributed by atoms with Gasteiger partial charge in [0.05, 0.1) is 11.4 Å². The third-order valence-corrected chi connectivity index (χ3v) is 5.03. The van der Waals surface area contributed by atoms with Crippen molar-refractivity contribution in [2.75, 3.05) is 5.73 Å². The van der Waals surface area contributed by atoms with Gasteiger partial charge in [0.25, 0.3) is 5.91 Å². The van der Waals surface area contributed by atoms with Crippen LogP contribution < -0.4 is 11.1 Å². The lowest BCUT2D eigenvalue weighted by Crippen LogP contribution is -2.25. The van der Waals surface area contributed by atoms with Gasteiger partial charge in [0, 0.05) is 23.1 Å². The maximum atomic E-state index is 13.9. The van der Waals surface area contributed by atoms with Crippen LogP contribution in [-0.4, -0.2) is 16.9 Å². The normalized spacial score (nSPS) is 14.1. The first kappa shape index (κ1) is 15.0. The number of carbonyl (C=O) groups is 1. The summed E-state index contributed by atoms with van der Waals surface area (Å²) in [6.45, 7) is 0. The van der Waals surface area contributed by atoms with Crippen molar-refractivity contribution < 1.29 is 13.6 Å². The Morgan fingerprint density at radius 3 is 2.75 bits per heavy atom. The first-order valence-electron chi connectivity index (χ1n) is 7.48. The predicted molar refractivity (Wildman–Crippen MR) is 89.9 cm³/mol. The van der Waals surface area contributed by atoms with Gasteiger partial charge in [0.2, 0.25) is 0 Å². The monoisotopic (exact) mass is 345 g/mol. The van der Waals surface area contributed by atoms with E-state index in [0.717, 1.165) is 18.9 Å². The van der Waals surface area contributed by atoms with Crippen molar-refractivity contribution in [3.8, 4) is 11.3 Å². The molecule has 7 heteroatoms. The number of hydrogen-bond acceptors (Lipinski definition) is 4. The molecule has 1 aliphatic rings. The number of fused-ring (bicyclic) bond motifs is 1. The topological polar surface area (TPSA) is 68.0 Å². The molecule has 1 aliphatic carbocycles. The van der Waals surface area contributed by atoms with Crippen molar-refractivity contribution in [1.29, 1.82) is 0 Å². The number of nitrogen functional groups attached to an aromatic ring is 1. The summed E-state index contributed by atoms with van der Waals surface area (Å²) >= 11 is 1.17. The number of nitrogens with two attached hydrogens (primary N) is 1. The van der Waals surface area contributed by atoms with Crippen molar-refractivity contribution in [2.24, 2.45) is 0 Å². The number of hydrogen-bond donors (Lipinski definition) is 2. The summed E-state index contributed by atoms with van der Waals surface area (Å²) in [5, 5.41) is 3.56. The van der Waals surface area contributed by atoms with Gasteiger partial charge < -0.3 is 11.1 Å². The van der Waals surface area contributed by atoms with Gasteiger partial charge in [-0.2, -0.15) is 0 Å². The lowest BCUT2D eigenvalue weighted by molar-refractivity contribution is 0.0956. The Balaban J connectivity index is 1.76. The van der Waals surface area contributed by atoms with Crippen LogP contribution in [0.5, 0.6) is 0 Å². The van der Waals surface area contributed by atoms with Crippen molar-refractivity contribution in [1.82, 2.24) is 10.3 Å². The largest absolute Gasteiger partial charge is 0.397 e. The molecule has 4 rings (SSSR count). The number of nitrogens with one attached hydrogen (secondary N) is 1. The van der Waals surface area contributed by atoms with Gasteiger partial charge in [0.1, 0.15) is 21.3 Å². The summed E-state index contributed by atoms with van der Waals surface area (Å²) in [6.07, 6.45) is 1.98. The van der Waals surface area contributed by atoms with E-state index in [9.17, 15) is 13.6 Å². The molecular formula is C17H13F2N3OS. The highest BCUT2D eigenvalue weighted by Crippen LogP contribution is 2.35. The smallest absolute Gasteiger partial charge is 0.263 e. The summed E-state index contributed by atoms with van der Waals surface area (Å²) in [4.78, 5) is 17.6. The molecule has 3 N–H and O–H groups in total. The summed E-state index contributed by atoms with van der Waals surface area (Å²) in [5.74, 6) is -1.53. The van der Waals surface area contributed by atoms with Crippen LogP contribution in [0.3, 0.4) is 0 Å². The van der Waals surface area contributed by atoms with Gasteiger partial charge in [-0.1, -0.05) is 0 Å². The molecule has 1 saturated carbocycles. The quantitative estimate of drug-likeness (QED) is 0.760. The average molecular weight is 345 g/mol. The van der Waals surface area contributed by atoms with Gasteiger partial charge in [-0.15, -0.1) is 11.3 Å². The standard InChI is InChI=1S/C17H13F2N3OS/c18-8-1-4-10(12(19)7-8)13-6-5-11-14(20)15(24-17(11)22-13)16(23)21-9-2-3-9/h1,4-7,9H,2-3,20H2,(H,21,23). The van der Waals surface area contributed by atoms with Crippen molar-refractivity contribution >= 4 is 33.1 Å². The Hall–Kier alpha value is -2.54. The number of thiophene rings is 1. The molecule has 1 amide bonds. The minimum atomic E-state index is -0.682. The van der Waals surface area contributed by atoms with Crippen molar-refractivity contribution in [3.05, 3.63) is 46.8 Å². The maximum absolute atomic E-state index is 13.9.